The Hall–Kier alpha value is -3.01. The number of anilines is 1. The monoisotopic (exact) mass is 502 g/mol. The number of methoxy groups -OCH3 is 1. The van der Waals surface area contributed by atoms with E-state index >= 15 is 0 Å². The summed E-state index contributed by atoms with van der Waals surface area (Å²) < 4.78 is 6.40. The SMILES string of the molecule is COc1ccc(C)c2sc(N(CCCN(C)C)C(=O)CN3C(=O)c4ccccc4C3=O)nc12.Cl. The van der Waals surface area contributed by atoms with E-state index in [9.17, 15) is 14.4 Å². The molecule has 2 aromatic carbocycles. The highest BCUT2D eigenvalue weighted by Crippen LogP contribution is 2.36. The summed E-state index contributed by atoms with van der Waals surface area (Å²) in [5.74, 6) is -0.601. The van der Waals surface area contributed by atoms with Crippen LogP contribution >= 0.6 is 23.7 Å². The first-order chi connectivity index (χ1) is 15.8. The number of rotatable bonds is 8. The van der Waals surface area contributed by atoms with Crippen molar-refractivity contribution in [1.82, 2.24) is 14.8 Å². The van der Waals surface area contributed by atoms with E-state index in [2.05, 4.69) is 0 Å². The summed E-state index contributed by atoms with van der Waals surface area (Å²) in [6.45, 7) is 2.85. The minimum Gasteiger partial charge on any atom is -0.494 e. The van der Waals surface area contributed by atoms with Gasteiger partial charge in [0.15, 0.2) is 5.13 Å². The Morgan fingerprint density at radius 3 is 2.29 bits per heavy atom. The Morgan fingerprint density at radius 2 is 1.71 bits per heavy atom. The molecule has 1 aliphatic rings. The smallest absolute Gasteiger partial charge is 0.262 e. The van der Waals surface area contributed by atoms with Crippen LogP contribution in [0.5, 0.6) is 5.75 Å². The number of carbonyl (C=O) groups is 3. The molecule has 34 heavy (non-hydrogen) atoms. The van der Waals surface area contributed by atoms with Gasteiger partial charge in [0.05, 0.1) is 22.9 Å². The number of aryl methyl sites for hydroxylation is 1. The van der Waals surface area contributed by atoms with E-state index in [0.29, 0.717) is 40.5 Å². The highest BCUT2D eigenvalue weighted by atomic mass is 35.5. The number of benzene rings is 2. The summed E-state index contributed by atoms with van der Waals surface area (Å²) in [5, 5.41) is 0.526. The molecule has 0 bridgehead atoms. The quantitative estimate of drug-likeness (QED) is 0.437. The molecular formula is C24H27ClN4O4S. The van der Waals surface area contributed by atoms with E-state index in [0.717, 1.165) is 21.7 Å². The second kappa shape index (κ2) is 10.5. The number of hydrogen-bond donors (Lipinski definition) is 0. The molecule has 0 saturated heterocycles. The van der Waals surface area contributed by atoms with Gasteiger partial charge in [0.1, 0.15) is 17.8 Å². The van der Waals surface area contributed by atoms with Gasteiger partial charge in [0.2, 0.25) is 5.91 Å². The summed E-state index contributed by atoms with van der Waals surface area (Å²) in [4.78, 5) is 48.3. The number of carbonyl (C=O) groups excluding carboxylic acids is 3. The molecule has 3 amide bonds. The topological polar surface area (TPSA) is 83.0 Å². The largest absolute Gasteiger partial charge is 0.494 e. The fourth-order valence-electron chi connectivity index (χ4n) is 3.85. The Balaban J connectivity index is 0.00000324. The molecular weight excluding hydrogens is 476 g/mol. The van der Waals surface area contributed by atoms with Gasteiger partial charge in [-0.1, -0.05) is 29.5 Å². The molecule has 0 fully saturated rings. The number of halogens is 1. The van der Waals surface area contributed by atoms with Crippen LogP contribution in [0.25, 0.3) is 10.2 Å². The third kappa shape index (κ3) is 4.77. The number of nitrogens with zero attached hydrogens (tertiary/aromatic N) is 4. The number of hydrogen-bond acceptors (Lipinski definition) is 7. The molecule has 4 rings (SSSR count). The predicted molar refractivity (Wildman–Crippen MR) is 135 cm³/mol. The Bertz CT molecular complexity index is 1210. The van der Waals surface area contributed by atoms with Crippen LogP contribution in [0.1, 0.15) is 32.7 Å². The lowest BCUT2D eigenvalue weighted by molar-refractivity contribution is -0.119. The number of imide groups is 1. The van der Waals surface area contributed by atoms with Gasteiger partial charge < -0.3 is 9.64 Å². The lowest BCUT2D eigenvalue weighted by atomic mass is 10.1. The number of ether oxygens (including phenoxy) is 1. The molecule has 0 aliphatic carbocycles. The average Bonchev–Trinajstić information content (AvgIpc) is 3.34. The van der Waals surface area contributed by atoms with Crippen molar-refractivity contribution >= 4 is 56.8 Å². The maximum Gasteiger partial charge on any atom is 0.262 e. The van der Waals surface area contributed by atoms with Crippen LogP contribution < -0.4 is 9.64 Å². The first-order valence-electron chi connectivity index (χ1n) is 10.7. The van der Waals surface area contributed by atoms with Crippen LogP contribution in [0, 0.1) is 6.92 Å². The maximum atomic E-state index is 13.4. The third-order valence-electron chi connectivity index (χ3n) is 5.60. The zero-order chi connectivity index (χ0) is 23.7. The molecule has 10 heteroatoms. The zero-order valence-electron chi connectivity index (χ0n) is 19.5. The van der Waals surface area contributed by atoms with E-state index in [1.807, 2.05) is 38.1 Å². The molecule has 0 atom stereocenters. The van der Waals surface area contributed by atoms with Gasteiger partial charge in [-0.2, -0.15) is 0 Å². The van der Waals surface area contributed by atoms with Gasteiger partial charge in [0.25, 0.3) is 11.8 Å². The van der Waals surface area contributed by atoms with E-state index in [-0.39, 0.29) is 24.9 Å². The number of thiazole rings is 1. The molecule has 0 N–H and O–H groups in total. The van der Waals surface area contributed by atoms with Crippen molar-refractivity contribution in [1.29, 1.82) is 0 Å². The Labute approximate surface area is 208 Å². The molecule has 1 aliphatic heterocycles. The van der Waals surface area contributed by atoms with Gasteiger partial charge >= 0.3 is 0 Å². The van der Waals surface area contributed by atoms with Crippen LogP contribution in [0.15, 0.2) is 36.4 Å². The third-order valence-corrected chi connectivity index (χ3v) is 6.82. The summed E-state index contributed by atoms with van der Waals surface area (Å²) in [6, 6.07) is 10.5. The molecule has 3 aromatic rings. The Kier molecular flexibility index (Phi) is 7.91. The van der Waals surface area contributed by atoms with Crippen molar-refractivity contribution in [3.05, 3.63) is 53.1 Å². The van der Waals surface area contributed by atoms with Gasteiger partial charge in [-0.25, -0.2) is 4.98 Å². The van der Waals surface area contributed by atoms with Crippen LogP contribution in [0.3, 0.4) is 0 Å². The molecule has 0 spiro atoms. The van der Waals surface area contributed by atoms with Crippen molar-refractivity contribution in [3.8, 4) is 5.75 Å². The van der Waals surface area contributed by atoms with Crippen LogP contribution in [0.2, 0.25) is 0 Å². The van der Waals surface area contributed by atoms with Crippen LogP contribution in [0.4, 0.5) is 5.13 Å². The van der Waals surface area contributed by atoms with Crippen LogP contribution in [-0.2, 0) is 4.79 Å². The minimum atomic E-state index is -0.445. The van der Waals surface area contributed by atoms with Gasteiger partial charge in [-0.3, -0.25) is 24.2 Å². The molecule has 180 valence electrons. The van der Waals surface area contributed by atoms with E-state index in [4.69, 9.17) is 9.72 Å². The number of aromatic nitrogens is 1. The highest BCUT2D eigenvalue weighted by Gasteiger charge is 2.37. The molecule has 2 heterocycles. The lowest BCUT2D eigenvalue weighted by Gasteiger charge is -2.23. The van der Waals surface area contributed by atoms with Gasteiger partial charge in [-0.15, -0.1) is 12.4 Å². The second-order valence-electron chi connectivity index (χ2n) is 8.20. The first kappa shape index (κ1) is 25.6. The Morgan fingerprint density at radius 1 is 1.06 bits per heavy atom. The fraction of sp³-hybridized carbons (Fsp3) is 0.333. The molecule has 0 unspecified atom stereocenters. The molecule has 0 saturated carbocycles. The average molecular weight is 503 g/mol. The van der Waals surface area contributed by atoms with Crippen molar-refractivity contribution < 1.29 is 19.1 Å². The van der Waals surface area contributed by atoms with Crippen molar-refractivity contribution in [3.63, 3.8) is 0 Å². The standard InChI is InChI=1S/C24H26N4O4S.ClH/c1-15-10-11-18(32-4)20-21(15)33-24(25-20)27(13-7-12-26(2)3)19(29)14-28-22(30)16-8-5-6-9-17(16)23(28)31;/h5-6,8-11H,7,12-14H2,1-4H3;1H. The molecule has 1 aromatic heterocycles. The van der Waals surface area contributed by atoms with Gasteiger partial charge in [-0.05, 0) is 57.7 Å². The normalized spacial score (nSPS) is 12.8. The number of amides is 3. The van der Waals surface area contributed by atoms with E-state index in [1.165, 1.54) is 11.3 Å². The summed E-state index contributed by atoms with van der Waals surface area (Å²) in [6.07, 6.45) is 0.715. The van der Waals surface area contributed by atoms with Crippen molar-refractivity contribution in [2.45, 2.75) is 13.3 Å². The van der Waals surface area contributed by atoms with Crippen molar-refractivity contribution in [2.75, 3.05) is 45.7 Å². The van der Waals surface area contributed by atoms with E-state index < -0.39 is 11.8 Å². The summed E-state index contributed by atoms with van der Waals surface area (Å²) in [5.41, 5.74) is 2.39. The predicted octanol–water partition coefficient (Wildman–Crippen LogP) is 3.62. The fourth-order valence-corrected chi connectivity index (χ4v) is 4.95. The first-order valence-corrected chi connectivity index (χ1v) is 11.5. The highest BCUT2D eigenvalue weighted by molar-refractivity contribution is 7.22. The maximum absolute atomic E-state index is 13.4. The second-order valence-corrected chi connectivity index (χ2v) is 9.18. The lowest BCUT2D eigenvalue weighted by Crippen LogP contribution is -2.43. The van der Waals surface area contributed by atoms with E-state index in [1.54, 1.807) is 36.3 Å². The summed E-state index contributed by atoms with van der Waals surface area (Å²) in [7, 11) is 5.53. The molecule has 0 radical (unpaired) electrons. The number of fused-ring (bicyclic) bond motifs is 2. The van der Waals surface area contributed by atoms with Crippen molar-refractivity contribution in [2.24, 2.45) is 0 Å². The zero-order valence-corrected chi connectivity index (χ0v) is 21.2. The molecule has 8 nitrogen and oxygen atoms in total. The van der Waals surface area contributed by atoms with Crippen LogP contribution in [-0.4, -0.2) is 73.3 Å². The van der Waals surface area contributed by atoms with Gasteiger partial charge in [0, 0.05) is 6.54 Å². The minimum absolute atomic E-state index is 0. The summed E-state index contributed by atoms with van der Waals surface area (Å²) >= 11 is 1.41.